The van der Waals surface area contributed by atoms with E-state index < -0.39 is 0 Å². The second-order valence-electron chi connectivity index (χ2n) is 3.68. The van der Waals surface area contributed by atoms with E-state index in [1.54, 1.807) is 0 Å². The van der Waals surface area contributed by atoms with E-state index in [1.807, 2.05) is 11.6 Å². The van der Waals surface area contributed by atoms with E-state index >= 15 is 0 Å². The molecule has 0 N–H and O–H groups in total. The number of alkyl halides is 1. The average Bonchev–Trinajstić information content (AvgIpc) is 2.72. The first-order valence-electron chi connectivity index (χ1n) is 4.82. The van der Waals surface area contributed by atoms with Crippen LogP contribution in [0.25, 0.3) is 0 Å². The van der Waals surface area contributed by atoms with Gasteiger partial charge in [-0.25, -0.2) is 0 Å². The maximum absolute atomic E-state index is 5.72. The molecule has 4 nitrogen and oxygen atoms in total. The maximum atomic E-state index is 5.72. The molecule has 2 atom stereocenters. The van der Waals surface area contributed by atoms with E-state index in [2.05, 4.69) is 17.1 Å². The molecule has 1 fully saturated rings. The minimum absolute atomic E-state index is 0.0967. The largest absolute Gasteiger partial charge is 0.367 e. The molecule has 0 aliphatic carbocycles. The Morgan fingerprint density at radius 3 is 2.79 bits per heavy atom. The molecule has 0 amide bonds. The molecule has 5 heteroatoms. The summed E-state index contributed by atoms with van der Waals surface area (Å²) in [5, 5.41) is 8.11. The lowest BCUT2D eigenvalue weighted by molar-refractivity contribution is 0.0484. The van der Waals surface area contributed by atoms with E-state index in [0.717, 1.165) is 24.5 Å². The van der Waals surface area contributed by atoms with Gasteiger partial charge in [-0.1, -0.05) is 0 Å². The van der Waals surface area contributed by atoms with Crippen molar-refractivity contribution in [2.24, 2.45) is 7.05 Å². The summed E-state index contributed by atoms with van der Waals surface area (Å²) in [6.07, 6.45) is 2.54. The van der Waals surface area contributed by atoms with Gasteiger partial charge in [0.05, 0.1) is 12.0 Å². The van der Waals surface area contributed by atoms with Crippen LogP contribution in [0.15, 0.2) is 0 Å². The fraction of sp³-hybridized carbons (Fsp3) is 0.778. The zero-order valence-electron chi connectivity index (χ0n) is 8.40. The van der Waals surface area contributed by atoms with Crippen molar-refractivity contribution in [1.29, 1.82) is 0 Å². The molecule has 2 rings (SSSR count). The Hall–Kier alpha value is -0.610. The molecule has 0 spiro atoms. The number of hydrogen-bond donors (Lipinski definition) is 0. The van der Waals surface area contributed by atoms with Crippen molar-refractivity contribution in [3.63, 3.8) is 0 Å². The zero-order chi connectivity index (χ0) is 10.1. The summed E-state index contributed by atoms with van der Waals surface area (Å²) in [6.45, 7) is 2.08. The summed E-state index contributed by atoms with van der Waals surface area (Å²) in [5.41, 5.74) is 0. The van der Waals surface area contributed by atoms with Crippen molar-refractivity contribution in [3.8, 4) is 0 Å². The summed E-state index contributed by atoms with van der Waals surface area (Å²) < 4.78 is 7.65. The Morgan fingerprint density at radius 2 is 2.29 bits per heavy atom. The second-order valence-corrected chi connectivity index (χ2v) is 3.95. The third kappa shape index (κ3) is 1.64. The molecule has 14 heavy (non-hydrogen) atoms. The third-order valence-corrected chi connectivity index (χ3v) is 2.88. The first-order chi connectivity index (χ1) is 6.72. The van der Waals surface area contributed by atoms with Gasteiger partial charge >= 0.3 is 0 Å². The van der Waals surface area contributed by atoms with E-state index in [0.29, 0.717) is 12.0 Å². The minimum atomic E-state index is 0.0967. The molecule has 1 aromatic heterocycles. The van der Waals surface area contributed by atoms with Gasteiger partial charge in [0.1, 0.15) is 11.9 Å². The fourth-order valence-electron chi connectivity index (χ4n) is 1.76. The highest BCUT2D eigenvalue weighted by Crippen LogP contribution is 2.31. The number of nitrogens with zero attached hydrogens (tertiary/aromatic N) is 3. The monoisotopic (exact) mass is 215 g/mol. The predicted octanol–water partition coefficient (Wildman–Crippen LogP) is 1.79. The van der Waals surface area contributed by atoms with Gasteiger partial charge in [-0.2, -0.15) is 0 Å². The summed E-state index contributed by atoms with van der Waals surface area (Å²) in [5.74, 6) is 2.08. The van der Waals surface area contributed by atoms with Crippen LogP contribution in [0.4, 0.5) is 0 Å². The zero-order valence-corrected chi connectivity index (χ0v) is 9.16. The lowest BCUT2D eigenvalue weighted by Crippen LogP contribution is -2.08. The standard InChI is InChI=1S/C9H14ClN3O/c1-6-3-4-7(14-6)9-12-11-8(5-10)13(9)2/h6-7H,3-5H2,1-2H3. The van der Waals surface area contributed by atoms with E-state index in [1.165, 1.54) is 0 Å². The van der Waals surface area contributed by atoms with E-state index in [-0.39, 0.29) is 6.10 Å². The molecule has 78 valence electrons. The minimum Gasteiger partial charge on any atom is -0.367 e. The van der Waals surface area contributed by atoms with Gasteiger partial charge in [-0.05, 0) is 19.8 Å². The van der Waals surface area contributed by atoms with Crippen molar-refractivity contribution in [2.45, 2.75) is 37.9 Å². The lowest BCUT2D eigenvalue weighted by Gasteiger charge is -2.10. The molecule has 0 aromatic carbocycles. The van der Waals surface area contributed by atoms with Crippen LogP contribution < -0.4 is 0 Å². The lowest BCUT2D eigenvalue weighted by atomic mass is 10.2. The highest BCUT2D eigenvalue weighted by molar-refractivity contribution is 6.16. The van der Waals surface area contributed by atoms with Gasteiger partial charge in [-0.3, -0.25) is 0 Å². The van der Waals surface area contributed by atoms with E-state index in [4.69, 9.17) is 16.3 Å². The van der Waals surface area contributed by atoms with Crippen LogP contribution in [0, 0.1) is 0 Å². The van der Waals surface area contributed by atoms with Crippen LogP contribution in [0.1, 0.15) is 37.5 Å². The molecule has 1 saturated heterocycles. The third-order valence-electron chi connectivity index (χ3n) is 2.64. The number of hydrogen-bond acceptors (Lipinski definition) is 3. The van der Waals surface area contributed by atoms with Gasteiger partial charge in [0, 0.05) is 7.05 Å². The number of rotatable bonds is 2. The average molecular weight is 216 g/mol. The van der Waals surface area contributed by atoms with Crippen LogP contribution in [-0.2, 0) is 17.7 Å². The molecule has 0 radical (unpaired) electrons. The van der Waals surface area contributed by atoms with Gasteiger partial charge in [0.25, 0.3) is 0 Å². The van der Waals surface area contributed by atoms with Crippen molar-refractivity contribution in [1.82, 2.24) is 14.8 Å². The van der Waals surface area contributed by atoms with Gasteiger partial charge in [0.15, 0.2) is 5.82 Å². The number of ether oxygens (including phenoxy) is 1. The molecular formula is C9H14ClN3O. The summed E-state index contributed by atoms with van der Waals surface area (Å²) in [7, 11) is 1.93. The Morgan fingerprint density at radius 1 is 1.50 bits per heavy atom. The van der Waals surface area contributed by atoms with Crippen molar-refractivity contribution in [2.75, 3.05) is 0 Å². The molecular weight excluding hydrogens is 202 g/mol. The summed E-state index contributed by atoms with van der Waals surface area (Å²) >= 11 is 5.72. The normalized spacial score (nSPS) is 27.1. The van der Waals surface area contributed by atoms with Crippen LogP contribution in [0.5, 0.6) is 0 Å². The summed E-state index contributed by atoms with van der Waals surface area (Å²) in [4.78, 5) is 0. The molecule has 2 unspecified atom stereocenters. The Kier molecular flexibility index (Phi) is 2.74. The van der Waals surface area contributed by atoms with Crippen LogP contribution in [0.2, 0.25) is 0 Å². The van der Waals surface area contributed by atoms with Crippen LogP contribution >= 0.6 is 11.6 Å². The fourth-order valence-corrected chi connectivity index (χ4v) is 2.00. The first-order valence-corrected chi connectivity index (χ1v) is 5.35. The van der Waals surface area contributed by atoms with E-state index in [9.17, 15) is 0 Å². The smallest absolute Gasteiger partial charge is 0.162 e. The molecule has 1 aliphatic heterocycles. The highest BCUT2D eigenvalue weighted by atomic mass is 35.5. The van der Waals surface area contributed by atoms with Crippen molar-refractivity contribution < 1.29 is 4.74 Å². The van der Waals surface area contributed by atoms with Crippen molar-refractivity contribution in [3.05, 3.63) is 11.6 Å². The molecule has 1 aromatic rings. The molecule has 0 bridgehead atoms. The Balaban J connectivity index is 2.20. The predicted molar refractivity (Wildman–Crippen MR) is 53.1 cm³/mol. The SMILES string of the molecule is CC1CCC(c2nnc(CCl)n2C)O1. The van der Waals surface area contributed by atoms with Crippen LogP contribution in [-0.4, -0.2) is 20.9 Å². The van der Waals surface area contributed by atoms with Gasteiger partial charge in [0.2, 0.25) is 0 Å². The molecule has 0 saturated carbocycles. The number of aromatic nitrogens is 3. The van der Waals surface area contributed by atoms with Gasteiger partial charge in [-0.15, -0.1) is 21.8 Å². The maximum Gasteiger partial charge on any atom is 0.162 e. The second kappa shape index (κ2) is 3.87. The highest BCUT2D eigenvalue weighted by Gasteiger charge is 2.27. The number of halogens is 1. The molecule has 1 aliphatic rings. The topological polar surface area (TPSA) is 39.9 Å². The van der Waals surface area contributed by atoms with Crippen LogP contribution in [0.3, 0.4) is 0 Å². The van der Waals surface area contributed by atoms with Gasteiger partial charge < -0.3 is 9.30 Å². The van der Waals surface area contributed by atoms with Crippen molar-refractivity contribution >= 4 is 11.6 Å². The molecule has 2 heterocycles. The quantitative estimate of drug-likeness (QED) is 0.707. The summed E-state index contributed by atoms with van der Waals surface area (Å²) in [6, 6.07) is 0. The Bertz CT molecular complexity index is 326. The Labute approximate surface area is 88.2 Å². The first kappa shape index (κ1) is 9.93.